The van der Waals surface area contributed by atoms with E-state index in [1.807, 2.05) is 6.92 Å². The summed E-state index contributed by atoms with van der Waals surface area (Å²) in [6, 6.07) is 11.0. The van der Waals surface area contributed by atoms with E-state index < -0.39 is 15.9 Å². The molecule has 1 amide bonds. The first-order valence-corrected chi connectivity index (χ1v) is 10.5. The summed E-state index contributed by atoms with van der Waals surface area (Å²) in [5.41, 5.74) is 0.648. The Balaban J connectivity index is 2.28. The van der Waals surface area contributed by atoms with Gasteiger partial charge in [-0.05, 0) is 49.4 Å². The Bertz CT molecular complexity index is 894. The van der Waals surface area contributed by atoms with Crippen LogP contribution in [0.15, 0.2) is 47.4 Å². The van der Waals surface area contributed by atoms with Crippen molar-refractivity contribution in [3.63, 3.8) is 0 Å². The van der Waals surface area contributed by atoms with Gasteiger partial charge in [0.25, 0.3) is 5.91 Å². The molecule has 0 saturated heterocycles. The van der Waals surface area contributed by atoms with E-state index in [0.717, 1.165) is 0 Å². The summed E-state index contributed by atoms with van der Waals surface area (Å²) in [5, 5.41) is 2.89. The van der Waals surface area contributed by atoms with Crippen LogP contribution in [0, 0.1) is 0 Å². The first kappa shape index (κ1) is 21.2. The van der Waals surface area contributed by atoms with Gasteiger partial charge in [-0.25, -0.2) is 8.42 Å². The molecule has 8 heteroatoms. The topological polar surface area (TPSA) is 75.7 Å². The molecule has 0 spiro atoms. The van der Waals surface area contributed by atoms with Gasteiger partial charge in [-0.1, -0.05) is 25.4 Å². The number of nitrogens with one attached hydrogen (secondary N) is 1. The Labute approximate surface area is 165 Å². The van der Waals surface area contributed by atoms with Crippen LogP contribution in [-0.2, 0) is 10.0 Å². The normalized spacial score (nSPS) is 11.4. The van der Waals surface area contributed by atoms with E-state index in [1.165, 1.54) is 22.5 Å². The lowest BCUT2D eigenvalue weighted by atomic mass is 10.2. The Kier molecular flexibility index (Phi) is 7.24. The molecule has 146 valence electrons. The smallest absolute Gasteiger partial charge is 0.257 e. The van der Waals surface area contributed by atoms with Crippen LogP contribution in [0.5, 0.6) is 5.75 Å². The first-order valence-electron chi connectivity index (χ1n) is 8.67. The third kappa shape index (κ3) is 5.00. The van der Waals surface area contributed by atoms with Gasteiger partial charge in [0.2, 0.25) is 10.0 Å². The molecule has 0 aromatic heterocycles. The average Bonchev–Trinajstić information content (AvgIpc) is 2.64. The molecular formula is C19H23ClN2O4S. The fraction of sp³-hybridized carbons (Fsp3) is 0.316. The highest BCUT2D eigenvalue weighted by Gasteiger charge is 2.23. The minimum absolute atomic E-state index is 0.0347. The third-order valence-corrected chi connectivity index (χ3v) is 6.32. The van der Waals surface area contributed by atoms with Crippen LogP contribution in [0.1, 0.15) is 31.1 Å². The van der Waals surface area contributed by atoms with Crippen molar-refractivity contribution < 1.29 is 17.9 Å². The lowest BCUT2D eigenvalue weighted by Gasteiger charge is -2.19. The van der Waals surface area contributed by atoms with E-state index >= 15 is 0 Å². The molecular weight excluding hydrogens is 388 g/mol. The number of ether oxygens (including phenoxy) is 1. The Hall–Kier alpha value is -2.09. The van der Waals surface area contributed by atoms with Crippen LogP contribution in [0.3, 0.4) is 0 Å². The Morgan fingerprint density at radius 1 is 1.07 bits per heavy atom. The summed E-state index contributed by atoms with van der Waals surface area (Å²) in [6.07, 6.45) is 0. The number of sulfonamides is 1. The van der Waals surface area contributed by atoms with Crippen molar-refractivity contribution in [1.82, 2.24) is 4.31 Å². The molecule has 0 atom stereocenters. The number of hydrogen-bond donors (Lipinski definition) is 1. The van der Waals surface area contributed by atoms with Crippen molar-refractivity contribution in [2.45, 2.75) is 25.7 Å². The zero-order valence-corrected chi connectivity index (χ0v) is 17.1. The van der Waals surface area contributed by atoms with Crippen molar-refractivity contribution in [3.8, 4) is 5.75 Å². The number of nitrogens with zero attached hydrogens (tertiary/aromatic N) is 1. The van der Waals surface area contributed by atoms with Crippen molar-refractivity contribution in [2.75, 3.05) is 25.0 Å². The number of benzene rings is 2. The maximum atomic E-state index is 12.7. The summed E-state index contributed by atoms with van der Waals surface area (Å²) < 4.78 is 32.0. The van der Waals surface area contributed by atoms with Crippen LogP contribution in [-0.4, -0.2) is 38.3 Å². The molecule has 0 bridgehead atoms. The summed E-state index contributed by atoms with van der Waals surface area (Å²) >= 11 is 6.13. The zero-order valence-electron chi connectivity index (χ0n) is 15.5. The van der Waals surface area contributed by atoms with E-state index in [1.54, 1.807) is 38.1 Å². The van der Waals surface area contributed by atoms with Gasteiger partial charge in [0.1, 0.15) is 5.75 Å². The molecule has 0 aliphatic heterocycles. The predicted molar refractivity (Wildman–Crippen MR) is 107 cm³/mol. The molecule has 0 fully saturated rings. The molecule has 1 N–H and O–H groups in total. The Morgan fingerprint density at radius 3 is 2.26 bits per heavy atom. The maximum absolute atomic E-state index is 12.7. The van der Waals surface area contributed by atoms with Gasteiger partial charge >= 0.3 is 0 Å². The number of carbonyl (C=O) groups is 1. The molecule has 27 heavy (non-hydrogen) atoms. The minimum atomic E-state index is -3.68. The lowest BCUT2D eigenvalue weighted by Crippen LogP contribution is -2.30. The van der Waals surface area contributed by atoms with Crippen molar-refractivity contribution >= 4 is 33.2 Å². The number of rotatable bonds is 8. The van der Waals surface area contributed by atoms with Gasteiger partial charge in [-0.15, -0.1) is 0 Å². The number of anilines is 1. The van der Waals surface area contributed by atoms with Crippen LogP contribution in [0.2, 0.25) is 5.02 Å². The highest BCUT2D eigenvalue weighted by atomic mass is 35.5. The number of halogens is 1. The highest BCUT2D eigenvalue weighted by Crippen LogP contribution is 2.24. The van der Waals surface area contributed by atoms with Crippen molar-refractivity contribution in [1.29, 1.82) is 0 Å². The van der Waals surface area contributed by atoms with Gasteiger partial charge in [0.05, 0.1) is 22.1 Å². The van der Waals surface area contributed by atoms with Crippen molar-refractivity contribution in [2.24, 2.45) is 0 Å². The van der Waals surface area contributed by atoms with Crippen LogP contribution in [0.25, 0.3) is 0 Å². The first-order chi connectivity index (χ1) is 12.8. The van der Waals surface area contributed by atoms with E-state index in [9.17, 15) is 13.2 Å². The van der Waals surface area contributed by atoms with Gasteiger partial charge in [0.15, 0.2) is 0 Å². The third-order valence-electron chi connectivity index (χ3n) is 3.95. The van der Waals surface area contributed by atoms with Crippen molar-refractivity contribution in [3.05, 3.63) is 53.1 Å². The molecule has 0 heterocycles. The molecule has 6 nitrogen and oxygen atoms in total. The second kappa shape index (κ2) is 9.21. The van der Waals surface area contributed by atoms with E-state index in [-0.39, 0.29) is 15.5 Å². The summed E-state index contributed by atoms with van der Waals surface area (Å²) in [5.74, 6) is 0.210. The molecule has 2 aromatic carbocycles. The summed E-state index contributed by atoms with van der Waals surface area (Å²) in [7, 11) is -3.68. The second-order valence-electron chi connectivity index (χ2n) is 5.64. The fourth-order valence-electron chi connectivity index (χ4n) is 2.55. The van der Waals surface area contributed by atoms with Crippen LogP contribution >= 0.6 is 11.6 Å². The number of carbonyl (C=O) groups excluding carboxylic acids is 1. The predicted octanol–water partition coefficient (Wildman–Crippen LogP) is 4.02. The largest absolute Gasteiger partial charge is 0.494 e. The van der Waals surface area contributed by atoms with E-state index in [4.69, 9.17) is 16.3 Å². The van der Waals surface area contributed by atoms with Gasteiger partial charge in [-0.3, -0.25) is 4.79 Å². The van der Waals surface area contributed by atoms with Crippen LogP contribution < -0.4 is 10.1 Å². The molecule has 0 unspecified atom stereocenters. The lowest BCUT2D eigenvalue weighted by molar-refractivity contribution is 0.102. The van der Waals surface area contributed by atoms with Gasteiger partial charge < -0.3 is 10.1 Å². The SMILES string of the molecule is CCOc1ccc(NC(=O)c2cc(S(=O)(=O)N(CC)CC)ccc2Cl)cc1. The molecule has 0 radical (unpaired) electrons. The maximum Gasteiger partial charge on any atom is 0.257 e. The molecule has 0 aliphatic rings. The van der Waals surface area contributed by atoms with E-state index in [2.05, 4.69) is 5.32 Å². The van der Waals surface area contributed by atoms with Crippen LogP contribution in [0.4, 0.5) is 5.69 Å². The standard InChI is InChI=1S/C19H23ClN2O4S/c1-4-22(5-2)27(24,25)16-11-12-18(20)17(13-16)19(23)21-14-7-9-15(10-8-14)26-6-3/h7-13H,4-6H2,1-3H3,(H,21,23). The van der Waals surface area contributed by atoms with E-state index in [0.29, 0.717) is 31.1 Å². The Morgan fingerprint density at radius 2 is 1.70 bits per heavy atom. The zero-order chi connectivity index (χ0) is 20.0. The molecule has 2 rings (SSSR count). The second-order valence-corrected chi connectivity index (χ2v) is 7.99. The summed E-state index contributed by atoms with van der Waals surface area (Å²) in [6.45, 7) is 6.64. The minimum Gasteiger partial charge on any atom is -0.494 e. The van der Waals surface area contributed by atoms with Gasteiger partial charge in [0, 0.05) is 18.8 Å². The quantitative estimate of drug-likeness (QED) is 0.713. The monoisotopic (exact) mass is 410 g/mol. The highest BCUT2D eigenvalue weighted by molar-refractivity contribution is 7.89. The summed E-state index contributed by atoms with van der Waals surface area (Å²) in [4.78, 5) is 12.6. The molecule has 0 aliphatic carbocycles. The molecule has 0 saturated carbocycles. The fourth-order valence-corrected chi connectivity index (χ4v) is 4.24. The average molecular weight is 411 g/mol. The number of amides is 1. The molecule has 2 aromatic rings. The number of hydrogen-bond acceptors (Lipinski definition) is 4. The van der Waals surface area contributed by atoms with Gasteiger partial charge in [-0.2, -0.15) is 4.31 Å².